The van der Waals surface area contributed by atoms with Gasteiger partial charge in [-0.25, -0.2) is 0 Å². The second-order valence-corrected chi connectivity index (χ2v) is 5.42. The van der Waals surface area contributed by atoms with Crippen molar-refractivity contribution >= 4 is 23.6 Å². The van der Waals surface area contributed by atoms with E-state index in [-0.39, 0.29) is 24.4 Å². The lowest BCUT2D eigenvalue weighted by atomic mass is 10.1. The SMILES string of the molecule is C=CCNC(=O)C(C)N1CCSCC1CC(=O)O. The summed E-state index contributed by atoms with van der Waals surface area (Å²) in [5.74, 6) is 0.823. The molecule has 18 heavy (non-hydrogen) atoms. The van der Waals surface area contributed by atoms with Crippen LogP contribution < -0.4 is 5.32 Å². The van der Waals surface area contributed by atoms with Crippen molar-refractivity contribution < 1.29 is 14.7 Å². The van der Waals surface area contributed by atoms with E-state index in [0.717, 1.165) is 18.1 Å². The highest BCUT2D eigenvalue weighted by Crippen LogP contribution is 2.21. The molecule has 6 heteroatoms. The third kappa shape index (κ3) is 4.34. The minimum atomic E-state index is -0.814. The molecule has 5 nitrogen and oxygen atoms in total. The van der Waals surface area contributed by atoms with Crippen LogP contribution in [0.15, 0.2) is 12.7 Å². The van der Waals surface area contributed by atoms with Crippen molar-refractivity contribution in [1.82, 2.24) is 10.2 Å². The minimum Gasteiger partial charge on any atom is -0.481 e. The Morgan fingerprint density at radius 3 is 3.00 bits per heavy atom. The van der Waals surface area contributed by atoms with Crippen LogP contribution in [0.5, 0.6) is 0 Å². The van der Waals surface area contributed by atoms with Crippen LogP contribution in [0.4, 0.5) is 0 Å². The van der Waals surface area contributed by atoms with Crippen molar-refractivity contribution in [3.8, 4) is 0 Å². The molecule has 0 saturated carbocycles. The first-order valence-electron chi connectivity index (χ1n) is 6.00. The topological polar surface area (TPSA) is 69.6 Å². The summed E-state index contributed by atoms with van der Waals surface area (Å²) in [6.45, 7) is 6.57. The molecule has 1 aliphatic heterocycles. The van der Waals surface area contributed by atoms with Gasteiger partial charge in [0.05, 0.1) is 12.5 Å². The van der Waals surface area contributed by atoms with Gasteiger partial charge in [-0.2, -0.15) is 11.8 Å². The van der Waals surface area contributed by atoms with Gasteiger partial charge < -0.3 is 10.4 Å². The fraction of sp³-hybridized carbons (Fsp3) is 0.667. The molecule has 1 rings (SSSR count). The van der Waals surface area contributed by atoms with E-state index in [1.807, 2.05) is 11.8 Å². The number of rotatable bonds is 6. The predicted octanol–water partition coefficient (Wildman–Crippen LogP) is 0.569. The second kappa shape index (κ2) is 7.43. The van der Waals surface area contributed by atoms with E-state index in [9.17, 15) is 9.59 Å². The number of thioether (sulfide) groups is 1. The van der Waals surface area contributed by atoms with Crippen LogP contribution in [0.1, 0.15) is 13.3 Å². The molecule has 1 saturated heterocycles. The zero-order valence-electron chi connectivity index (χ0n) is 10.6. The number of nitrogens with one attached hydrogen (secondary N) is 1. The summed E-state index contributed by atoms with van der Waals surface area (Å²) < 4.78 is 0. The normalized spacial score (nSPS) is 22.2. The van der Waals surface area contributed by atoms with Crippen LogP contribution >= 0.6 is 11.8 Å². The first kappa shape index (κ1) is 15.0. The number of carboxylic acids is 1. The van der Waals surface area contributed by atoms with Gasteiger partial charge in [0.2, 0.25) is 5.91 Å². The van der Waals surface area contributed by atoms with Gasteiger partial charge in [-0.3, -0.25) is 14.5 Å². The van der Waals surface area contributed by atoms with Crippen LogP contribution in [0.25, 0.3) is 0 Å². The van der Waals surface area contributed by atoms with E-state index in [4.69, 9.17) is 5.11 Å². The molecule has 0 aliphatic carbocycles. The molecule has 0 bridgehead atoms. The molecule has 1 fully saturated rings. The van der Waals surface area contributed by atoms with Crippen molar-refractivity contribution in [2.45, 2.75) is 25.4 Å². The zero-order valence-corrected chi connectivity index (χ0v) is 11.4. The molecular formula is C12H20N2O3S. The van der Waals surface area contributed by atoms with Crippen molar-refractivity contribution in [3.63, 3.8) is 0 Å². The van der Waals surface area contributed by atoms with Gasteiger partial charge >= 0.3 is 5.97 Å². The average Bonchev–Trinajstić information content (AvgIpc) is 2.35. The minimum absolute atomic E-state index is 0.0641. The molecule has 2 unspecified atom stereocenters. The van der Waals surface area contributed by atoms with Gasteiger partial charge in [0, 0.05) is 30.6 Å². The van der Waals surface area contributed by atoms with E-state index < -0.39 is 5.97 Å². The van der Waals surface area contributed by atoms with Gasteiger partial charge in [0.15, 0.2) is 0 Å². The summed E-state index contributed by atoms with van der Waals surface area (Å²) in [7, 11) is 0. The molecule has 0 aromatic carbocycles. The van der Waals surface area contributed by atoms with Crippen molar-refractivity contribution in [2.75, 3.05) is 24.6 Å². The Labute approximate surface area is 112 Å². The molecule has 0 aromatic heterocycles. The van der Waals surface area contributed by atoms with Gasteiger partial charge in [-0.1, -0.05) is 6.08 Å². The maximum atomic E-state index is 11.9. The quantitative estimate of drug-likeness (QED) is 0.692. The highest BCUT2D eigenvalue weighted by molar-refractivity contribution is 7.99. The standard InChI is InChI=1S/C12H20N2O3S/c1-3-4-13-12(17)9(2)14-5-6-18-8-10(14)7-11(15)16/h3,9-10H,1,4-8H2,2H3,(H,13,17)(H,15,16). The van der Waals surface area contributed by atoms with Crippen molar-refractivity contribution in [3.05, 3.63) is 12.7 Å². The first-order chi connectivity index (χ1) is 8.56. The van der Waals surface area contributed by atoms with Crippen molar-refractivity contribution in [2.24, 2.45) is 0 Å². The molecule has 2 atom stereocenters. The number of hydrogen-bond acceptors (Lipinski definition) is 4. The predicted molar refractivity (Wildman–Crippen MR) is 72.7 cm³/mol. The summed E-state index contributed by atoms with van der Waals surface area (Å²) in [6, 6.07) is -0.360. The maximum absolute atomic E-state index is 11.9. The van der Waals surface area contributed by atoms with Gasteiger partial charge in [-0.05, 0) is 6.92 Å². The van der Waals surface area contributed by atoms with E-state index >= 15 is 0 Å². The van der Waals surface area contributed by atoms with Crippen LogP contribution in [0, 0.1) is 0 Å². The Balaban J connectivity index is 2.61. The summed E-state index contributed by atoms with van der Waals surface area (Å²) in [5, 5.41) is 11.6. The Bertz CT molecular complexity index is 322. The largest absolute Gasteiger partial charge is 0.481 e. The lowest BCUT2D eigenvalue weighted by molar-refractivity contribution is -0.139. The Morgan fingerprint density at radius 2 is 2.39 bits per heavy atom. The van der Waals surface area contributed by atoms with Crippen LogP contribution in [-0.4, -0.2) is 58.6 Å². The highest BCUT2D eigenvalue weighted by atomic mass is 32.2. The fourth-order valence-corrected chi connectivity index (χ4v) is 3.11. The number of aliphatic carboxylic acids is 1. The number of hydrogen-bond donors (Lipinski definition) is 2. The summed E-state index contributed by atoms with van der Waals surface area (Å²) >= 11 is 1.74. The molecule has 0 radical (unpaired) electrons. The van der Waals surface area contributed by atoms with Gasteiger partial charge in [-0.15, -0.1) is 6.58 Å². The highest BCUT2D eigenvalue weighted by Gasteiger charge is 2.31. The van der Waals surface area contributed by atoms with E-state index in [0.29, 0.717) is 6.54 Å². The number of amides is 1. The Hall–Kier alpha value is -1.01. The van der Waals surface area contributed by atoms with Gasteiger partial charge in [0.1, 0.15) is 0 Å². The lowest BCUT2D eigenvalue weighted by Gasteiger charge is -2.38. The smallest absolute Gasteiger partial charge is 0.304 e. The van der Waals surface area contributed by atoms with Crippen LogP contribution in [0.2, 0.25) is 0 Å². The Morgan fingerprint density at radius 1 is 1.67 bits per heavy atom. The molecule has 0 spiro atoms. The third-order valence-electron chi connectivity index (χ3n) is 2.98. The fourth-order valence-electron chi connectivity index (χ4n) is 2.03. The van der Waals surface area contributed by atoms with E-state index in [2.05, 4.69) is 11.9 Å². The second-order valence-electron chi connectivity index (χ2n) is 4.27. The number of nitrogens with zero attached hydrogens (tertiary/aromatic N) is 1. The monoisotopic (exact) mass is 272 g/mol. The molecular weight excluding hydrogens is 252 g/mol. The summed E-state index contributed by atoms with van der Waals surface area (Å²) in [4.78, 5) is 24.7. The van der Waals surface area contributed by atoms with Crippen LogP contribution in [-0.2, 0) is 9.59 Å². The lowest BCUT2D eigenvalue weighted by Crippen LogP contribution is -2.53. The zero-order chi connectivity index (χ0) is 13.5. The van der Waals surface area contributed by atoms with Crippen LogP contribution in [0.3, 0.4) is 0 Å². The number of carbonyl (C=O) groups is 2. The average molecular weight is 272 g/mol. The maximum Gasteiger partial charge on any atom is 0.304 e. The first-order valence-corrected chi connectivity index (χ1v) is 7.15. The van der Waals surface area contributed by atoms with Gasteiger partial charge in [0.25, 0.3) is 0 Å². The third-order valence-corrected chi connectivity index (χ3v) is 4.07. The molecule has 2 N–H and O–H groups in total. The number of carboxylic acid groups (broad SMARTS) is 1. The summed E-state index contributed by atoms with van der Waals surface area (Å²) in [5.41, 5.74) is 0. The summed E-state index contributed by atoms with van der Waals surface area (Å²) in [6.07, 6.45) is 1.72. The molecule has 102 valence electrons. The molecule has 0 aromatic rings. The molecule has 1 aliphatic rings. The van der Waals surface area contributed by atoms with E-state index in [1.54, 1.807) is 17.8 Å². The Kier molecular flexibility index (Phi) is 6.21. The van der Waals surface area contributed by atoms with E-state index in [1.165, 1.54) is 0 Å². The molecule has 1 amide bonds. The molecule has 1 heterocycles. The number of carbonyl (C=O) groups excluding carboxylic acids is 1. The van der Waals surface area contributed by atoms with Crippen molar-refractivity contribution in [1.29, 1.82) is 0 Å².